The lowest BCUT2D eigenvalue weighted by Gasteiger charge is -2.21. The van der Waals surface area contributed by atoms with Crippen molar-refractivity contribution >= 4 is 23.2 Å². The number of para-hydroxylation sites is 2. The fourth-order valence-corrected chi connectivity index (χ4v) is 2.84. The Morgan fingerprint density at radius 3 is 2.63 bits per heavy atom. The van der Waals surface area contributed by atoms with Crippen LogP contribution in [0.25, 0.3) is 0 Å². The van der Waals surface area contributed by atoms with Gasteiger partial charge in [-0.1, -0.05) is 18.2 Å². The molecule has 2 aromatic carbocycles. The molecule has 0 bridgehead atoms. The number of hydrogen-bond donors (Lipinski definition) is 1. The third-order valence-corrected chi connectivity index (χ3v) is 4.23. The van der Waals surface area contributed by atoms with E-state index in [1.165, 1.54) is 42.5 Å². The van der Waals surface area contributed by atoms with Gasteiger partial charge in [-0.05, 0) is 30.3 Å². The van der Waals surface area contributed by atoms with Crippen molar-refractivity contribution in [1.82, 2.24) is 4.90 Å². The molecule has 0 saturated carbocycles. The number of carbonyl (C=O) groups excluding carboxylic acids is 2. The summed E-state index contributed by atoms with van der Waals surface area (Å²) in [7, 11) is 1.49. The van der Waals surface area contributed by atoms with Gasteiger partial charge in [-0.2, -0.15) is 0 Å². The lowest BCUT2D eigenvalue weighted by atomic mass is 10.1. The molecule has 0 spiro atoms. The molecular formula is C21H19N3O6. The van der Waals surface area contributed by atoms with E-state index in [1.54, 1.807) is 36.4 Å². The molecule has 0 atom stereocenters. The number of amides is 2. The lowest BCUT2D eigenvalue weighted by Crippen LogP contribution is -2.37. The zero-order chi connectivity index (χ0) is 21.5. The molecule has 0 unspecified atom stereocenters. The van der Waals surface area contributed by atoms with Crippen LogP contribution < -0.4 is 10.1 Å². The van der Waals surface area contributed by atoms with Crippen molar-refractivity contribution in [2.75, 3.05) is 19.0 Å². The molecule has 0 aliphatic heterocycles. The number of carbonyl (C=O) groups is 2. The van der Waals surface area contributed by atoms with E-state index in [0.29, 0.717) is 17.2 Å². The number of methoxy groups -OCH3 is 1. The summed E-state index contributed by atoms with van der Waals surface area (Å²) in [5.41, 5.74) is 0.351. The predicted octanol–water partition coefficient (Wildman–Crippen LogP) is 3.48. The zero-order valence-corrected chi connectivity index (χ0v) is 16.1. The molecule has 0 aliphatic rings. The average molecular weight is 409 g/mol. The van der Waals surface area contributed by atoms with Gasteiger partial charge in [0.05, 0.1) is 30.5 Å². The second-order valence-electron chi connectivity index (χ2n) is 6.30. The second-order valence-corrected chi connectivity index (χ2v) is 6.30. The Labute approximate surface area is 172 Å². The molecule has 0 fully saturated rings. The molecule has 9 heteroatoms. The number of non-ortho nitro benzene ring substituents is 1. The average Bonchev–Trinajstić information content (AvgIpc) is 3.26. The molecule has 3 aromatic rings. The summed E-state index contributed by atoms with van der Waals surface area (Å²) in [5, 5.41) is 13.7. The van der Waals surface area contributed by atoms with Crippen LogP contribution in [-0.4, -0.2) is 35.3 Å². The predicted molar refractivity (Wildman–Crippen MR) is 108 cm³/mol. The molecule has 1 heterocycles. The van der Waals surface area contributed by atoms with E-state index < -0.39 is 16.7 Å². The van der Waals surface area contributed by atoms with Crippen LogP contribution in [0.15, 0.2) is 71.3 Å². The van der Waals surface area contributed by atoms with Crippen LogP contribution in [0, 0.1) is 10.1 Å². The Balaban J connectivity index is 1.81. The number of nitro groups is 1. The summed E-state index contributed by atoms with van der Waals surface area (Å²) in [6.07, 6.45) is 1.46. The Morgan fingerprint density at radius 1 is 1.13 bits per heavy atom. The summed E-state index contributed by atoms with van der Waals surface area (Å²) >= 11 is 0. The first-order valence-corrected chi connectivity index (χ1v) is 8.97. The van der Waals surface area contributed by atoms with E-state index in [9.17, 15) is 19.7 Å². The van der Waals surface area contributed by atoms with E-state index in [-0.39, 0.29) is 24.3 Å². The largest absolute Gasteiger partial charge is 0.495 e. The molecule has 0 saturated heterocycles. The number of furan rings is 1. The van der Waals surface area contributed by atoms with Crippen molar-refractivity contribution in [3.8, 4) is 5.75 Å². The molecule has 9 nitrogen and oxygen atoms in total. The lowest BCUT2D eigenvalue weighted by molar-refractivity contribution is -0.384. The van der Waals surface area contributed by atoms with Crippen molar-refractivity contribution in [2.45, 2.75) is 6.54 Å². The first-order chi connectivity index (χ1) is 14.5. The van der Waals surface area contributed by atoms with Gasteiger partial charge in [-0.25, -0.2) is 0 Å². The van der Waals surface area contributed by atoms with Crippen LogP contribution in [0.3, 0.4) is 0 Å². The number of benzene rings is 2. The molecule has 30 heavy (non-hydrogen) atoms. The summed E-state index contributed by atoms with van der Waals surface area (Å²) < 4.78 is 10.5. The van der Waals surface area contributed by atoms with E-state index in [1.807, 2.05) is 0 Å². The van der Waals surface area contributed by atoms with E-state index in [0.717, 1.165) is 0 Å². The van der Waals surface area contributed by atoms with Crippen LogP contribution in [0.2, 0.25) is 0 Å². The van der Waals surface area contributed by atoms with Crippen LogP contribution in [0.4, 0.5) is 11.4 Å². The van der Waals surface area contributed by atoms with Gasteiger partial charge in [0.2, 0.25) is 5.91 Å². The summed E-state index contributed by atoms with van der Waals surface area (Å²) in [6, 6.07) is 15.6. The highest BCUT2D eigenvalue weighted by molar-refractivity contribution is 6.00. The fourth-order valence-electron chi connectivity index (χ4n) is 2.84. The SMILES string of the molecule is COc1ccccc1NC(=O)CN(Cc1ccco1)C(=O)c1cccc([N+](=O)[O-])c1. The highest BCUT2D eigenvalue weighted by Gasteiger charge is 2.22. The van der Waals surface area contributed by atoms with Gasteiger partial charge in [-0.15, -0.1) is 0 Å². The van der Waals surface area contributed by atoms with Crippen LogP contribution >= 0.6 is 0 Å². The highest BCUT2D eigenvalue weighted by atomic mass is 16.6. The summed E-state index contributed by atoms with van der Waals surface area (Å²) in [6.45, 7) is -0.270. The Morgan fingerprint density at radius 2 is 1.93 bits per heavy atom. The number of nitrogens with one attached hydrogen (secondary N) is 1. The Bertz CT molecular complexity index is 1050. The summed E-state index contributed by atoms with van der Waals surface area (Å²) in [4.78, 5) is 37.3. The summed E-state index contributed by atoms with van der Waals surface area (Å²) in [5.74, 6) is -0.0394. The van der Waals surface area contributed by atoms with Gasteiger partial charge in [0.15, 0.2) is 0 Å². The van der Waals surface area contributed by atoms with Gasteiger partial charge >= 0.3 is 0 Å². The molecule has 0 radical (unpaired) electrons. The maximum absolute atomic E-state index is 13.0. The van der Waals surface area contributed by atoms with Crippen molar-refractivity contribution in [1.29, 1.82) is 0 Å². The number of ether oxygens (including phenoxy) is 1. The minimum Gasteiger partial charge on any atom is -0.495 e. The van der Waals surface area contributed by atoms with Gasteiger partial charge in [-0.3, -0.25) is 19.7 Å². The first-order valence-electron chi connectivity index (χ1n) is 8.97. The Hall–Kier alpha value is -4.14. The normalized spacial score (nSPS) is 10.3. The molecule has 154 valence electrons. The van der Waals surface area contributed by atoms with Crippen molar-refractivity contribution < 1.29 is 23.7 Å². The molecule has 1 N–H and O–H groups in total. The van der Waals surface area contributed by atoms with Gasteiger partial charge in [0.25, 0.3) is 11.6 Å². The van der Waals surface area contributed by atoms with Crippen LogP contribution in [0.5, 0.6) is 5.75 Å². The van der Waals surface area contributed by atoms with E-state index in [4.69, 9.17) is 9.15 Å². The molecule has 3 rings (SSSR count). The van der Waals surface area contributed by atoms with Gasteiger partial charge in [0.1, 0.15) is 18.1 Å². The quantitative estimate of drug-likeness (QED) is 0.450. The van der Waals surface area contributed by atoms with Crippen molar-refractivity contribution in [3.05, 3.63) is 88.4 Å². The topological polar surface area (TPSA) is 115 Å². The highest BCUT2D eigenvalue weighted by Crippen LogP contribution is 2.23. The van der Waals surface area contributed by atoms with Gasteiger partial charge in [0, 0.05) is 17.7 Å². The zero-order valence-electron chi connectivity index (χ0n) is 16.1. The Kier molecular flexibility index (Phi) is 6.43. The minimum absolute atomic E-state index is 0.0217. The third-order valence-electron chi connectivity index (χ3n) is 4.23. The number of nitrogens with zero attached hydrogens (tertiary/aromatic N) is 2. The molecule has 2 amide bonds. The van der Waals surface area contributed by atoms with Crippen molar-refractivity contribution in [2.24, 2.45) is 0 Å². The fraction of sp³-hybridized carbons (Fsp3) is 0.143. The molecular weight excluding hydrogens is 390 g/mol. The second kappa shape index (κ2) is 9.37. The van der Waals surface area contributed by atoms with Crippen molar-refractivity contribution in [3.63, 3.8) is 0 Å². The number of hydrogen-bond acceptors (Lipinski definition) is 6. The molecule has 0 aliphatic carbocycles. The number of rotatable bonds is 8. The smallest absolute Gasteiger partial charge is 0.270 e. The van der Waals surface area contributed by atoms with E-state index >= 15 is 0 Å². The maximum Gasteiger partial charge on any atom is 0.270 e. The monoisotopic (exact) mass is 409 g/mol. The number of nitro benzene ring substituents is 1. The van der Waals surface area contributed by atoms with Crippen LogP contribution in [-0.2, 0) is 11.3 Å². The van der Waals surface area contributed by atoms with E-state index in [2.05, 4.69) is 5.32 Å². The minimum atomic E-state index is -0.581. The standard InChI is InChI=1S/C21H19N3O6/c1-29-19-10-3-2-9-18(19)22-20(25)14-23(13-17-8-5-11-30-17)21(26)15-6-4-7-16(12-15)24(27)28/h2-12H,13-14H2,1H3,(H,22,25). The molecule has 1 aromatic heterocycles. The third kappa shape index (κ3) is 5.02. The maximum atomic E-state index is 13.0. The van der Waals surface area contributed by atoms with Gasteiger partial charge < -0.3 is 19.4 Å². The van der Waals surface area contributed by atoms with Crippen LogP contribution in [0.1, 0.15) is 16.1 Å². The number of anilines is 1. The first kappa shape index (κ1) is 20.6.